The molecule has 0 N–H and O–H groups in total. The van der Waals surface area contributed by atoms with Crippen LogP contribution in [-0.4, -0.2) is 65.1 Å². The molecule has 0 aromatic heterocycles. The van der Waals surface area contributed by atoms with Gasteiger partial charge in [-0.05, 0) is 39.2 Å². The van der Waals surface area contributed by atoms with E-state index in [-0.39, 0.29) is 46.1 Å². The molecular formula is C39H60O6. The molecule has 2 aliphatic heterocycles. The van der Waals surface area contributed by atoms with Crippen LogP contribution in [0.25, 0.3) is 0 Å². The highest BCUT2D eigenvalue weighted by atomic mass is 16.6. The molecule has 0 saturated carbocycles. The van der Waals surface area contributed by atoms with Crippen molar-refractivity contribution >= 4 is 0 Å². The van der Waals surface area contributed by atoms with Crippen LogP contribution < -0.4 is 9.47 Å². The molecule has 0 aliphatic carbocycles. The first-order chi connectivity index (χ1) is 20.7. The Hall–Kier alpha value is -2.12. The number of hydrogen-bond acceptors (Lipinski definition) is 6. The minimum atomic E-state index is -0.113. The summed E-state index contributed by atoms with van der Waals surface area (Å²) in [6.07, 6.45) is 0.900. The smallest absolute Gasteiger partial charge is 0.126 e. The molecule has 0 bridgehead atoms. The third-order valence-electron chi connectivity index (χ3n) is 8.87. The highest BCUT2D eigenvalue weighted by Crippen LogP contribution is 2.44. The van der Waals surface area contributed by atoms with Crippen molar-refractivity contribution in [3.63, 3.8) is 0 Å². The van der Waals surface area contributed by atoms with Gasteiger partial charge in [0.1, 0.15) is 49.1 Å². The summed E-state index contributed by atoms with van der Waals surface area (Å²) in [6, 6.07) is 9.43. The molecule has 2 saturated heterocycles. The molecule has 0 amide bonds. The van der Waals surface area contributed by atoms with Crippen LogP contribution >= 0.6 is 0 Å². The van der Waals surface area contributed by atoms with Crippen LogP contribution in [0.4, 0.5) is 0 Å². The van der Waals surface area contributed by atoms with E-state index in [2.05, 4.69) is 107 Å². The largest absolute Gasteiger partial charge is 0.490 e. The molecule has 252 valence electrons. The fraction of sp³-hybridized carbons (Fsp3) is 0.692. The molecular weight excluding hydrogens is 564 g/mol. The summed E-state index contributed by atoms with van der Waals surface area (Å²) >= 11 is 0. The second-order valence-corrected chi connectivity index (χ2v) is 17.1. The van der Waals surface area contributed by atoms with Gasteiger partial charge in [-0.3, -0.25) is 0 Å². The molecule has 0 radical (unpaired) electrons. The number of epoxide rings is 2. The average Bonchev–Trinajstić information content (AvgIpc) is 3.82. The maximum atomic E-state index is 6.66. The van der Waals surface area contributed by atoms with Crippen LogP contribution in [0, 0.1) is 0 Å². The third kappa shape index (κ3) is 9.03. The highest BCUT2D eigenvalue weighted by molar-refractivity contribution is 5.54. The summed E-state index contributed by atoms with van der Waals surface area (Å²) in [7, 11) is 3.47. The fourth-order valence-electron chi connectivity index (χ4n) is 5.88. The van der Waals surface area contributed by atoms with Crippen LogP contribution in [0.15, 0.2) is 24.3 Å². The molecule has 2 fully saturated rings. The number of methoxy groups -OCH3 is 2. The Morgan fingerprint density at radius 2 is 0.822 bits per heavy atom. The Balaban J connectivity index is 1.78. The van der Waals surface area contributed by atoms with Gasteiger partial charge in [0.25, 0.3) is 0 Å². The van der Waals surface area contributed by atoms with Crippen LogP contribution in [0.3, 0.4) is 0 Å². The van der Waals surface area contributed by atoms with E-state index in [1.807, 2.05) is 0 Å². The van der Waals surface area contributed by atoms with Crippen LogP contribution in [0.2, 0.25) is 0 Å². The van der Waals surface area contributed by atoms with E-state index >= 15 is 0 Å². The van der Waals surface area contributed by atoms with Crippen molar-refractivity contribution in [2.75, 3.05) is 40.6 Å². The molecule has 2 aliphatic rings. The molecule has 4 rings (SSSR count). The first-order valence-corrected chi connectivity index (χ1v) is 16.6. The summed E-state index contributed by atoms with van der Waals surface area (Å²) in [5.74, 6) is 1.95. The number of ether oxygens (including phenoxy) is 6. The van der Waals surface area contributed by atoms with Crippen molar-refractivity contribution in [3.05, 3.63) is 57.6 Å². The van der Waals surface area contributed by atoms with Crippen molar-refractivity contribution in [2.24, 2.45) is 0 Å². The minimum absolute atomic E-state index is 0.0753. The van der Waals surface area contributed by atoms with E-state index in [9.17, 15) is 0 Å². The lowest BCUT2D eigenvalue weighted by atomic mass is 9.76. The third-order valence-corrected chi connectivity index (χ3v) is 8.87. The Morgan fingerprint density at radius 3 is 1.02 bits per heavy atom. The number of benzene rings is 2. The Labute approximate surface area is 273 Å². The van der Waals surface area contributed by atoms with Gasteiger partial charge < -0.3 is 28.4 Å². The van der Waals surface area contributed by atoms with Gasteiger partial charge in [0.05, 0.1) is 13.2 Å². The van der Waals surface area contributed by atoms with E-state index < -0.39 is 0 Å². The molecule has 2 heterocycles. The minimum Gasteiger partial charge on any atom is -0.490 e. The lowest BCUT2D eigenvalue weighted by Gasteiger charge is -2.32. The molecule has 45 heavy (non-hydrogen) atoms. The second-order valence-electron chi connectivity index (χ2n) is 17.1. The second kappa shape index (κ2) is 13.2. The van der Waals surface area contributed by atoms with Crippen LogP contribution in [0.5, 0.6) is 11.5 Å². The van der Waals surface area contributed by atoms with Gasteiger partial charge in [-0.2, -0.15) is 0 Å². The van der Waals surface area contributed by atoms with E-state index in [1.165, 1.54) is 33.4 Å². The van der Waals surface area contributed by atoms with E-state index in [0.717, 1.165) is 31.1 Å². The van der Waals surface area contributed by atoms with Crippen molar-refractivity contribution in [1.82, 2.24) is 0 Å². The maximum Gasteiger partial charge on any atom is 0.126 e. The van der Waals surface area contributed by atoms with Gasteiger partial charge in [0.2, 0.25) is 0 Å². The van der Waals surface area contributed by atoms with Crippen molar-refractivity contribution in [3.8, 4) is 11.5 Å². The van der Waals surface area contributed by atoms with Crippen LogP contribution in [0.1, 0.15) is 116 Å². The summed E-state index contributed by atoms with van der Waals surface area (Å²) in [4.78, 5) is 0. The predicted octanol–water partition coefficient (Wildman–Crippen LogP) is 8.05. The zero-order chi connectivity index (χ0) is 33.5. The van der Waals surface area contributed by atoms with Gasteiger partial charge in [-0.1, -0.05) is 107 Å². The van der Waals surface area contributed by atoms with Crippen molar-refractivity contribution < 1.29 is 28.4 Å². The van der Waals surface area contributed by atoms with E-state index in [4.69, 9.17) is 28.4 Å². The first kappa shape index (κ1) is 35.7. The molecule has 6 heteroatoms. The topological polar surface area (TPSA) is 62.0 Å². The molecule has 6 nitrogen and oxygen atoms in total. The summed E-state index contributed by atoms with van der Waals surface area (Å²) in [5.41, 5.74) is 6.99. The fourth-order valence-corrected chi connectivity index (χ4v) is 5.88. The highest BCUT2D eigenvalue weighted by Gasteiger charge is 2.36. The molecule has 2 aromatic carbocycles. The quantitative estimate of drug-likeness (QED) is 0.223. The number of rotatable bonds is 12. The maximum absolute atomic E-state index is 6.66. The zero-order valence-corrected chi connectivity index (χ0v) is 30.6. The SMILES string of the molecule is COC(COc1c(C(C)(C)C)cc(Cc2cc(C(C)(C)C)c(OCC(OC)C3CO3)c(C(C)(C)C)c2)cc1C(C)(C)C)C1CO1. The van der Waals surface area contributed by atoms with Crippen molar-refractivity contribution in [1.29, 1.82) is 0 Å². The monoisotopic (exact) mass is 624 g/mol. The Bertz CT molecular complexity index is 1140. The lowest BCUT2D eigenvalue weighted by molar-refractivity contribution is 0.0363. The predicted molar refractivity (Wildman–Crippen MR) is 183 cm³/mol. The average molecular weight is 625 g/mol. The van der Waals surface area contributed by atoms with Gasteiger partial charge in [0.15, 0.2) is 0 Å². The van der Waals surface area contributed by atoms with E-state index in [1.54, 1.807) is 14.2 Å². The van der Waals surface area contributed by atoms with Crippen molar-refractivity contribution in [2.45, 2.75) is 136 Å². The lowest BCUT2D eigenvalue weighted by Crippen LogP contribution is -2.29. The molecule has 4 unspecified atom stereocenters. The number of hydrogen-bond donors (Lipinski definition) is 0. The van der Waals surface area contributed by atoms with Gasteiger partial charge in [-0.25, -0.2) is 0 Å². The Morgan fingerprint density at radius 1 is 0.556 bits per heavy atom. The van der Waals surface area contributed by atoms with Gasteiger partial charge in [-0.15, -0.1) is 0 Å². The Kier molecular flexibility index (Phi) is 10.5. The van der Waals surface area contributed by atoms with Gasteiger partial charge in [0, 0.05) is 36.5 Å². The first-order valence-electron chi connectivity index (χ1n) is 16.6. The molecule has 2 aromatic rings. The summed E-state index contributed by atoms with van der Waals surface area (Å²) < 4.78 is 35.8. The molecule has 4 atom stereocenters. The summed E-state index contributed by atoms with van der Waals surface area (Å²) in [6.45, 7) is 29.6. The zero-order valence-electron chi connectivity index (χ0n) is 30.6. The summed E-state index contributed by atoms with van der Waals surface area (Å²) in [5, 5.41) is 0. The van der Waals surface area contributed by atoms with Gasteiger partial charge >= 0.3 is 0 Å². The molecule has 0 spiro atoms. The van der Waals surface area contributed by atoms with Crippen LogP contribution in [-0.2, 0) is 47.0 Å². The standard InChI is InChI=1S/C39H60O6/c1-36(2,3)26-16-24(17-27(37(4,5)6)34(26)44-20-30(40-13)32-22-42-32)15-25-18-28(38(7,8)9)35(29(19-25)39(10,11)12)45-21-31(41-14)33-23-43-33/h16-19,30-33H,15,20-23H2,1-14H3. The van der Waals surface area contributed by atoms with E-state index in [0.29, 0.717) is 13.2 Å². The normalized spacial score (nSPS) is 20.1.